The first-order chi connectivity index (χ1) is 21.9. The van der Waals surface area contributed by atoms with Crippen molar-refractivity contribution in [1.29, 1.82) is 0 Å². The highest BCUT2D eigenvalue weighted by atomic mass is 32.2. The molecule has 4 atom stereocenters. The third-order valence-corrected chi connectivity index (χ3v) is 9.43. The SMILES string of the molecule is CCC(NC)c1ccc(CC(NC(=O)CC(c2ccccc2)N(c2ccc3ccccc3c2)S(=O)O)C(=O)N2CCCC2)cc1. The van der Waals surface area contributed by atoms with E-state index in [9.17, 15) is 18.4 Å². The minimum absolute atomic E-state index is 0.0973. The third-order valence-electron chi connectivity index (χ3n) is 8.63. The molecular formula is C36H42N4O4S. The van der Waals surface area contributed by atoms with Crippen LogP contribution in [0, 0.1) is 0 Å². The molecule has 0 saturated carbocycles. The maximum absolute atomic E-state index is 13.8. The Balaban J connectivity index is 1.41. The standard InChI is InChI=1S/C36H42N4O4S/c1-3-32(37-2)28-17-15-26(16-18-28)23-33(36(42)39-21-9-10-22-39)38-35(41)25-34(29-12-5-4-6-13-29)40(45(43)44)31-20-19-27-11-7-8-14-30(27)24-31/h4-8,11-20,24,32-34,37H,3,9-10,21-23,25H2,1-2H3,(H,38,41)(H,43,44). The van der Waals surface area contributed by atoms with Crippen LogP contribution < -0.4 is 14.9 Å². The number of benzene rings is 4. The zero-order valence-electron chi connectivity index (χ0n) is 25.9. The first-order valence-electron chi connectivity index (χ1n) is 15.7. The summed E-state index contributed by atoms with van der Waals surface area (Å²) in [5.41, 5.74) is 3.37. The lowest BCUT2D eigenvalue weighted by atomic mass is 9.98. The molecule has 45 heavy (non-hydrogen) atoms. The Morgan fingerprint density at radius 2 is 1.56 bits per heavy atom. The largest absolute Gasteiger partial charge is 0.344 e. The molecule has 1 fully saturated rings. The number of carbonyl (C=O) groups is 2. The lowest BCUT2D eigenvalue weighted by molar-refractivity contribution is -0.135. The Hall–Kier alpha value is -4.05. The predicted molar refractivity (Wildman–Crippen MR) is 181 cm³/mol. The summed E-state index contributed by atoms with van der Waals surface area (Å²) in [6.45, 7) is 3.48. The first-order valence-corrected chi connectivity index (χ1v) is 16.7. The van der Waals surface area contributed by atoms with Crippen LogP contribution in [0.15, 0.2) is 97.1 Å². The highest BCUT2D eigenvalue weighted by Crippen LogP contribution is 2.33. The van der Waals surface area contributed by atoms with Crippen LogP contribution in [0.5, 0.6) is 0 Å². The molecule has 0 aromatic heterocycles. The minimum atomic E-state index is -2.43. The highest BCUT2D eigenvalue weighted by molar-refractivity contribution is 7.80. The second-order valence-corrected chi connectivity index (χ2v) is 12.4. The zero-order valence-corrected chi connectivity index (χ0v) is 26.7. The molecule has 2 amide bonds. The summed E-state index contributed by atoms with van der Waals surface area (Å²) in [5.74, 6) is -0.463. The van der Waals surface area contributed by atoms with E-state index in [1.807, 2.05) is 90.8 Å². The monoisotopic (exact) mass is 626 g/mol. The highest BCUT2D eigenvalue weighted by Gasteiger charge is 2.32. The van der Waals surface area contributed by atoms with Crippen LogP contribution in [0.3, 0.4) is 0 Å². The molecule has 1 aliphatic heterocycles. The topological polar surface area (TPSA) is 102 Å². The van der Waals surface area contributed by atoms with E-state index < -0.39 is 23.4 Å². The van der Waals surface area contributed by atoms with Gasteiger partial charge in [0, 0.05) is 25.6 Å². The lowest BCUT2D eigenvalue weighted by Crippen LogP contribution is -2.49. The van der Waals surface area contributed by atoms with Gasteiger partial charge in [-0.1, -0.05) is 91.9 Å². The van der Waals surface area contributed by atoms with Crippen molar-refractivity contribution < 1.29 is 18.4 Å². The Labute approximate surface area is 268 Å². The van der Waals surface area contributed by atoms with Gasteiger partial charge in [0.15, 0.2) is 0 Å². The van der Waals surface area contributed by atoms with Gasteiger partial charge >= 0.3 is 0 Å². The summed E-state index contributed by atoms with van der Waals surface area (Å²) < 4.78 is 24.9. The van der Waals surface area contributed by atoms with Crippen molar-refractivity contribution in [2.75, 3.05) is 24.4 Å². The number of nitrogens with zero attached hydrogens (tertiary/aromatic N) is 2. The van der Waals surface area contributed by atoms with Crippen LogP contribution >= 0.6 is 0 Å². The fraction of sp³-hybridized carbons (Fsp3) is 0.333. The summed E-state index contributed by atoms with van der Waals surface area (Å²) in [4.78, 5) is 29.4. The van der Waals surface area contributed by atoms with Gasteiger partial charge in [0.05, 0.1) is 18.2 Å². The quantitative estimate of drug-likeness (QED) is 0.160. The van der Waals surface area contributed by atoms with Crippen molar-refractivity contribution in [1.82, 2.24) is 15.5 Å². The zero-order chi connectivity index (χ0) is 31.8. The van der Waals surface area contributed by atoms with Crippen molar-refractivity contribution in [3.05, 3.63) is 114 Å². The number of hydrogen-bond acceptors (Lipinski definition) is 4. The third kappa shape index (κ3) is 7.97. The fourth-order valence-electron chi connectivity index (χ4n) is 6.22. The van der Waals surface area contributed by atoms with E-state index in [1.165, 1.54) is 9.87 Å². The average Bonchev–Trinajstić information content (AvgIpc) is 3.61. The van der Waals surface area contributed by atoms with Gasteiger partial charge in [-0.05, 0) is 65.9 Å². The van der Waals surface area contributed by atoms with Gasteiger partial charge in [-0.25, -0.2) is 4.21 Å². The molecule has 5 rings (SSSR count). The van der Waals surface area contributed by atoms with Crippen molar-refractivity contribution >= 4 is 39.5 Å². The molecule has 9 heteroatoms. The Morgan fingerprint density at radius 3 is 2.20 bits per heavy atom. The van der Waals surface area contributed by atoms with Crippen molar-refractivity contribution in [3.63, 3.8) is 0 Å². The summed E-state index contributed by atoms with van der Waals surface area (Å²) in [7, 11) is 1.94. The molecule has 4 aromatic carbocycles. The average molecular weight is 627 g/mol. The van der Waals surface area contributed by atoms with E-state index >= 15 is 0 Å². The molecule has 236 valence electrons. The van der Waals surface area contributed by atoms with Crippen LogP contribution in [0.25, 0.3) is 10.8 Å². The first kappa shape index (κ1) is 32.3. The van der Waals surface area contributed by atoms with Crippen LogP contribution in [0.4, 0.5) is 5.69 Å². The van der Waals surface area contributed by atoms with E-state index in [1.54, 1.807) is 6.07 Å². The normalized spacial score (nSPS) is 15.8. The molecule has 4 unspecified atom stereocenters. The molecule has 0 spiro atoms. The van der Waals surface area contributed by atoms with E-state index in [2.05, 4.69) is 29.7 Å². The fourth-order valence-corrected chi connectivity index (χ4v) is 6.93. The van der Waals surface area contributed by atoms with Crippen LogP contribution in [0.1, 0.15) is 61.4 Å². The van der Waals surface area contributed by atoms with Gasteiger partial charge in [0.2, 0.25) is 11.8 Å². The Morgan fingerprint density at radius 1 is 0.889 bits per heavy atom. The van der Waals surface area contributed by atoms with Gasteiger partial charge < -0.3 is 15.5 Å². The molecule has 0 aliphatic carbocycles. The summed E-state index contributed by atoms with van der Waals surface area (Å²) >= 11 is -2.43. The number of rotatable bonds is 13. The number of nitrogens with one attached hydrogen (secondary N) is 2. The molecule has 8 nitrogen and oxygen atoms in total. The number of carbonyl (C=O) groups excluding carboxylic acids is 2. The van der Waals surface area contributed by atoms with Gasteiger partial charge in [0.1, 0.15) is 6.04 Å². The number of amides is 2. The van der Waals surface area contributed by atoms with Crippen LogP contribution in [-0.4, -0.2) is 51.7 Å². The van der Waals surface area contributed by atoms with Crippen LogP contribution in [0.2, 0.25) is 0 Å². The smallest absolute Gasteiger partial charge is 0.262 e. The van der Waals surface area contributed by atoms with Crippen molar-refractivity contribution in [3.8, 4) is 0 Å². The predicted octanol–water partition coefficient (Wildman–Crippen LogP) is 5.93. The van der Waals surface area contributed by atoms with Gasteiger partial charge in [-0.15, -0.1) is 0 Å². The molecule has 0 bridgehead atoms. The maximum atomic E-state index is 13.8. The molecule has 1 saturated heterocycles. The minimum Gasteiger partial charge on any atom is -0.344 e. The second-order valence-electron chi connectivity index (χ2n) is 11.6. The van der Waals surface area contributed by atoms with E-state index in [4.69, 9.17) is 0 Å². The van der Waals surface area contributed by atoms with Crippen molar-refractivity contribution in [2.45, 2.75) is 57.2 Å². The number of likely N-dealkylation sites (tertiary alicyclic amines) is 1. The number of anilines is 1. The van der Waals surface area contributed by atoms with Crippen LogP contribution in [-0.2, 0) is 27.3 Å². The summed E-state index contributed by atoms with van der Waals surface area (Å²) in [6, 6.07) is 29.5. The van der Waals surface area contributed by atoms with E-state index in [0.29, 0.717) is 25.2 Å². The maximum Gasteiger partial charge on any atom is 0.262 e. The summed E-state index contributed by atoms with van der Waals surface area (Å²) in [5, 5.41) is 8.27. The lowest BCUT2D eigenvalue weighted by Gasteiger charge is -2.31. The van der Waals surface area contributed by atoms with Crippen molar-refractivity contribution in [2.24, 2.45) is 0 Å². The van der Waals surface area contributed by atoms with E-state index in [0.717, 1.165) is 41.2 Å². The molecule has 4 aromatic rings. The molecule has 1 heterocycles. The number of fused-ring (bicyclic) bond motifs is 1. The van der Waals surface area contributed by atoms with Gasteiger partial charge in [-0.3, -0.25) is 18.4 Å². The Bertz CT molecular complexity index is 1600. The van der Waals surface area contributed by atoms with Gasteiger partial charge in [0.25, 0.3) is 11.3 Å². The molecule has 1 aliphatic rings. The molecular weight excluding hydrogens is 584 g/mol. The molecule has 0 radical (unpaired) electrons. The second kappa shape index (κ2) is 15.3. The van der Waals surface area contributed by atoms with Gasteiger partial charge in [-0.2, -0.15) is 0 Å². The number of hydrogen-bond donors (Lipinski definition) is 3. The van der Waals surface area contributed by atoms with E-state index in [-0.39, 0.29) is 24.3 Å². The summed E-state index contributed by atoms with van der Waals surface area (Å²) in [6.07, 6.45) is 3.09. The Kier molecular flexibility index (Phi) is 11.0. The molecule has 3 N–H and O–H groups in total.